The van der Waals surface area contributed by atoms with Gasteiger partial charge in [-0.05, 0) is 86.3 Å². The van der Waals surface area contributed by atoms with Gasteiger partial charge >= 0.3 is 0 Å². The highest BCUT2D eigenvalue weighted by Gasteiger charge is 2.39. The van der Waals surface area contributed by atoms with Gasteiger partial charge < -0.3 is 23.8 Å². The van der Waals surface area contributed by atoms with Crippen molar-refractivity contribution >= 4 is 19.7 Å². The van der Waals surface area contributed by atoms with E-state index in [1.165, 1.54) is 12.8 Å². The Labute approximate surface area is 221 Å². The number of methoxy groups -OCH3 is 1. The second-order valence-electron chi connectivity index (χ2n) is 11.3. The maximum absolute atomic E-state index is 12.6. The van der Waals surface area contributed by atoms with Gasteiger partial charge in [-0.2, -0.15) is 0 Å². The molecule has 1 aliphatic rings. The Bertz CT molecular complexity index is 1240. The van der Waals surface area contributed by atoms with Gasteiger partial charge in [0.25, 0.3) is 5.56 Å². The van der Waals surface area contributed by atoms with Crippen LogP contribution in [-0.4, -0.2) is 26.5 Å². The molecular weight excluding hydrogens is 480 g/mol. The first kappa shape index (κ1) is 26.9. The molecule has 1 heterocycles. The monoisotopic (exact) mass is 520 g/mol. The third kappa shape index (κ3) is 6.39. The fourth-order valence-electron chi connectivity index (χ4n) is 4.34. The summed E-state index contributed by atoms with van der Waals surface area (Å²) in [6.45, 7) is 11.6. The minimum atomic E-state index is -1.95. The van der Waals surface area contributed by atoms with Gasteiger partial charge in [0.05, 0.1) is 19.8 Å². The number of anilines is 2. The highest BCUT2D eigenvalue weighted by molar-refractivity contribution is 6.74. The normalized spacial score (nSPS) is 14.4. The quantitative estimate of drug-likeness (QED) is 0.297. The van der Waals surface area contributed by atoms with E-state index in [9.17, 15) is 4.79 Å². The zero-order chi connectivity index (χ0) is 26.6. The van der Waals surface area contributed by atoms with Gasteiger partial charge in [-0.15, -0.1) is 0 Å². The van der Waals surface area contributed by atoms with Crippen molar-refractivity contribution in [3.8, 4) is 17.2 Å². The SMILES string of the molecule is COc1ccc(N(Cc2ccc[nH]c2=O)c2ccc(O[Si](C)(C)C(C)(C)C)cc2)cc1OC1CCCC1. The fourth-order valence-corrected chi connectivity index (χ4v) is 5.37. The Morgan fingerprint density at radius 3 is 2.27 bits per heavy atom. The highest BCUT2D eigenvalue weighted by atomic mass is 28.4. The summed E-state index contributed by atoms with van der Waals surface area (Å²) < 4.78 is 18.5. The second kappa shape index (κ2) is 11.0. The smallest absolute Gasteiger partial charge is 0.252 e. The predicted molar refractivity (Wildman–Crippen MR) is 153 cm³/mol. The van der Waals surface area contributed by atoms with Gasteiger partial charge in [0, 0.05) is 29.2 Å². The Morgan fingerprint density at radius 1 is 0.973 bits per heavy atom. The van der Waals surface area contributed by atoms with Gasteiger partial charge in [0.2, 0.25) is 8.32 Å². The van der Waals surface area contributed by atoms with Crippen molar-refractivity contribution in [2.24, 2.45) is 0 Å². The number of nitrogens with one attached hydrogen (secondary N) is 1. The van der Waals surface area contributed by atoms with Crippen LogP contribution in [0.5, 0.6) is 17.2 Å². The zero-order valence-corrected chi connectivity index (χ0v) is 24.0. The molecule has 3 aromatic rings. The third-order valence-corrected chi connectivity index (χ3v) is 12.0. The molecule has 37 heavy (non-hydrogen) atoms. The number of ether oxygens (including phenoxy) is 2. The molecule has 4 rings (SSSR count). The summed E-state index contributed by atoms with van der Waals surface area (Å²) in [4.78, 5) is 17.5. The standard InChI is InChI=1S/C30H40N2O4Si/c1-30(2,3)37(5,6)36-26-16-13-23(14-17-26)32(21-22-10-9-19-31-29(22)33)24-15-18-27(34-4)28(20-24)35-25-11-7-8-12-25/h9-10,13-20,25H,7-8,11-12,21H2,1-6H3,(H,31,33). The van der Waals surface area contributed by atoms with Crippen molar-refractivity contribution in [1.29, 1.82) is 0 Å². The molecule has 6 nitrogen and oxygen atoms in total. The van der Waals surface area contributed by atoms with Crippen LogP contribution in [0.1, 0.15) is 52.0 Å². The molecule has 1 fully saturated rings. The van der Waals surface area contributed by atoms with Crippen LogP contribution in [0.2, 0.25) is 18.1 Å². The average molecular weight is 521 g/mol. The molecule has 0 unspecified atom stereocenters. The van der Waals surface area contributed by atoms with Crippen molar-refractivity contribution in [3.63, 3.8) is 0 Å². The number of hydrogen-bond acceptors (Lipinski definition) is 5. The van der Waals surface area contributed by atoms with Crippen LogP contribution < -0.4 is 24.4 Å². The molecule has 1 saturated carbocycles. The van der Waals surface area contributed by atoms with Gasteiger partial charge in [0.15, 0.2) is 11.5 Å². The minimum absolute atomic E-state index is 0.0960. The van der Waals surface area contributed by atoms with Crippen LogP contribution >= 0.6 is 0 Å². The van der Waals surface area contributed by atoms with Crippen molar-refractivity contribution < 1.29 is 13.9 Å². The second-order valence-corrected chi connectivity index (χ2v) is 16.1. The van der Waals surface area contributed by atoms with E-state index in [1.807, 2.05) is 42.5 Å². The largest absolute Gasteiger partial charge is 0.544 e. The van der Waals surface area contributed by atoms with E-state index in [2.05, 4.69) is 55.9 Å². The molecule has 0 spiro atoms. The average Bonchev–Trinajstić information content (AvgIpc) is 3.36. The number of pyridine rings is 1. The molecule has 7 heteroatoms. The Balaban J connectivity index is 1.69. The minimum Gasteiger partial charge on any atom is -0.544 e. The van der Waals surface area contributed by atoms with Crippen LogP contribution in [0.25, 0.3) is 0 Å². The van der Waals surface area contributed by atoms with Gasteiger partial charge in [-0.3, -0.25) is 4.79 Å². The van der Waals surface area contributed by atoms with Gasteiger partial charge in [-0.25, -0.2) is 0 Å². The van der Waals surface area contributed by atoms with Crippen LogP contribution in [-0.2, 0) is 6.54 Å². The van der Waals surface area contributed by atoms with E-state index in [0.29, 0.717) is 17.9 Å². The number of aromatic amines is 1. The van der Waals surface area contributed by atoms with Crippen molar-refractivity contribution in [2.45, 2.75) is 77.2 Å². The molecule has 0 amide bonds. The van der Waals surface area contributed by atoms with Gasteiger partial charge in [-0.1, -0.05) is 26.8 Å². The molecule has 1 N–H and O–H groups in total. The lowest BCUT2D eigenvalue weighted by Crippen LogP contribution is -2.43. The Morgan fingerprint density at radius 2 is 1.65 bits per heavy atom. The van der Waals surface area contributed by atoms with E-state index < -0.39 is 8.32 Å². The molecule has 2 aromatic carbocycles. The lowest BCUT2D eigenvalue weighted by atomic mass is 10.1. The van der Waals surface area contributed by atoms with Gasteiger partial charge in [0.1, 0.15) is 5.75 Å². The predicted octanol–water partition coefficient (Wildman–Crippen LogP) is 7.43. The van der Waals surface area contributed by atoms with Crippen molar-refractivity contribution in [2.75, 3.05) is 12.0 Å². The Hall–Kier alpha value is -3.19. The zero-order valence-electron chi connectivity index (χ0n) is 23.0. The molecule has 198 valence electrons. The van der Waals surface area contributed by atoms with Crippen molar-refractivity contribution in [1.82, 2.24) is 4.98 Å². The Kier molecular flexibility index (Phi) is 8.02. The summed E-state index contributed by atoms with van der Waals surface area (Å²) in [6.07, 6.45) is 6.38. The van der Waals surface area contributed by atoms with E-state index in [4.69, 9.17) is 13.9 Å². The molecule has 0 bridgehead atoms. The summed E-state index contributed by atoms with van der Waals surface area (Å²) in [5.74, 6) is 2.32. The molecular formula is C30H40N2O4Si. The highest BCUT2D eigenvalue weighted by Crippen LogP contribution is 2.40. The van der Waals surface area contributed by atoms with E-state index in [0.717, 1.165) is 35.7 Å². The molecule has 0 radical (unpaired) electrons. The molecule has 0 saturated heterocycles. The van der Waals surface area contributed by atoms with Crippen LogP contribution in [0.4, 0.5) is 11.4 Å². The number of hydrogen-bond donors (Lipinski definition) is 1. The molecule has 0 aliphatic heterocycles. The summed E-state index contributed by atoms with van der Waals surface area (Å²) in [7, 11) is -0.283. The topological polar surface area (TPSA) is 63.8 Å². The maximum atomic E-state index is 12.6. The summed E-state index contributed by atoms with van der Waals surface area (Å²) in [6, 6.07) is 17.9. The molecule has 1 aromatic heterocycles. The van der Waals surface area contributed by atoms with E-state index in [1.54, 1.807) is 13.3 Å². The first-order chi connectivity index (χ1) is 17.6. The molecule has 0 atom stereocenters. The summed E-state index contributed by atoms with van der Waals surface area (Å²) in [5, 5.41) is 0.116. The lowest BCUT2D eigenvalue weighted by Gasteiger charge is -2.36. The number of aromatic nitrogens is 1. The summed E-state index contributed by atoms with van der Waals surface area (Å²) >= 11 is 0. The number of H-pyrrole nitrogens is 1. The van der Waals surface area contributed by atoms with E-state index >= 15 is 0 Å². The lowest BCUT2D eigenvalue weighted by molar-refractivity contribution is 0.201. The van der Waals surface area contributed by atoms with Crippen LogP contribution in [0.15, 0.2) is 65.6 Å². The number of nitrogens with zero attached hydrogens (tertiary/aromatic N) is 1. The maximum Gasteiger partial charge on any atom is 0.252 e. The first-order valence-corrected chi connectivity index (χ1v) is 16.1. The first-order valence-electron chi connectivity index (χ1n) is 13.2. The number of rotatable bonds is 9. The van der Waals surface area contributed by atoms with Crippen molar-refractivity contribution in [3.05, 3.63) is 76.7 Å². The number of benzene rings is 2. The van der Waals surface area contributed by atoms with Crippen LogP contribution in [0.3, 0.4) is 0 Å². The van der Waals surface area contributed by atoms with E-state index in [-0.39, 0.29) is 16.7 Å². The van der Waals surface area contributed by atoms with Crippen LogP contribution in [0, 0.1) is 0 Å². The molecule has 1 aliphatic carbocycles. The summed E-state index contributed by atoms with van der Waals surface area (Å²) in [5.41, 5.74) is 2.47. The third-order valence-electron chi connectivity index (χ3n) is 7.61. The fraction of sp³-hybridized carbons (Fsp3) is 0.433.